The van der Waals surface area contributed by atoms with E-state index in [1.165, 1.54) is 44.9 Å². The normalized spacial score (nSPS) is 45.3. The zero-order valence-corrected chi connectivity index (χ0v) is 30.8. The van der Waals surface area contributed by atoms with Crippen LogP contribution in [0.2, 0.25) is 0 Å². The number of hydrogen-bond acceptors (Lipinski definition) is 0. The summed E-state index contributed by atoms with van der Waals surface area (Å²) < 4.78 is 0. The average molecular weight is 607 g/mol. The van der Waals surface area contributed by atoms with Crippen LogP contribution in [0.5, 0.6) is 0 Å². The summed E-state index contributed by atoms with van der Waals surface area (Å²) in [6.45, 7) is 15.8. The van der Waals surface area contributed by atoms with Crippen LogP contribution in [-0.2, 0) is 0 Å². The molecule has 0 saturated heterocycles. The average Bonchev–Trinajstić information content (AvgIpc) is 3.86. The topological polar surface area (TPSA) is 0 Å². The second kappa shape index (κ2) is 15.5. The summed E-state index contributed by atoms with van der Waals surface area (Å²) in [5.41, 5.74) is 0. The van der Waals surface area contributed by atoms with E-state index in [0.717, 1.165) is 94.7 Å². The van der Waals surface area contributed by atoms with E-state index < -0.39 is 0 Å². The van der Waals surface area contributed by atoms with Crippen LogP contribution in [0.4, 0.5) is 0 Å². The van der Waals surface area contributed by atoms with Crippen molar-refractivity contribution in [3.8, 4) is 0 Å². The molecule has 0 aromatic heterocycles. The monoisotopic (exact) mass is 607 g/mol. The van der Waals surface area contributed by atoms with Crippen LogP contribution in [-0.4, -0.2) is 0 Å². The van der Waals surface area contributed by atoms with Crippen LogP contribution < -0.4 is 0 Å². The Morgan fingerprint density at radius 1 is 0.500 bits per heavy atom. The smallest absolute Gasteiger partial charge is 0.0324 e. The van der Waals surface area contributed by atoms with Crippen molar-refractivity contribution in [3.63, 3.8) is 0 Å². The van der Waals surface area contributed by atoms with Gasteiger partial charge in [-0.2, -0.15) is 0 Å². The molecule has 0 bridgehead atoms. The zero-order valence-electron chi connectivity index (χ0n) is 30.8. The van der Waals surface area contributed by atoms with Gasteiger partial charge in [-0.05, 0) is 159 Å². The quantitative estimate of drug-likeness (QED) is 0.217. The van der Waals surface area contributed by atoms with Gasteiger partial charge in [0.25, 0.3) is 0 Å². The Morgan fingerprint density at radius 3 is 1.89 bits per heavy atom. The molecule has 0 heteroatoms. The molecular formula is C44H78. The summed E-state index contributed by atoms with van der Waals surface area (Å²) in [4.78, 5) is 0. The van der Waals surface area contributed by atoms with E-state index in [2.05, 4.69) is 41.5 Å². The van der Waals surface area contributed by atoms with E-state index >= 15 is 0 Å². The third kappa shape index (κ3) is 7.06. The van der Waals surface area contributed by atoms with E-state index in [1.807, 2.05) is 0 Å². The van der Waals surface area contributed by atoms with Crippen molar-refractivity contribution >= 4 is 0 Å². The predicted molar refractivity (Wildman–Crippen MR) is 191 cm³/mol. The highest BCUT2D eigenvalue weighted by Crippen LogP contribution is 2.59. The highest BCUT2D eigenvalue weighted by atomic mass is 14.6. The second-order valence-corrected chi connectivity index (χ2v) is 19.0. The van der Waals surface area contributed by atoms with Gasteiger partial charge in [0.2, 0.25) is 0 Å². The Bertz CT molecular complexity index is 852. The van der Waals surface area contributed by atoms with Crippen LogP contribution in [0.25, 0.3) is 0 Å². The number of rotatable bonds is 10. The van der Waals surface area contributed by atoms with Gasteiger partial charge in [0.05, 0.1) is 0 Å². The lowest BCUT2D eigenvalue weighted by Gasteiger charge is -2.45. The first-order valence-electron chi connectivity index (χ1n) is 21.4. The van der Waals surface area contributed by atoms with E-state index in [0.29, 0.717) is 0 Å². The Morgan fingerprint density at radius 2 is 1.11 bits per heavy atom. The van der Waals surface area contributed by atoms with Crippen LogP contribution in [0.15, 0.2) is 0 Å². The fourth-order valence-electron chi connectivity index (χ4n) is 14.6. The van der Waals surface area contributed by atoms with Crippen LogP contribution in [0, 0.1) is 94.7 Å². The second-order valence-electron chi connectivity index (χ2n) is 19.0. The summed E-state index contributed by atoms with van der Waals surface area (Å²) in [6.07, 6.45) is 34.2. The lowest BCUT2D eigenvalue weighted by Crippen LogP contribution is -2.39. The Labute approximate surface area is 276 Å². The highest BCUT2D eigenvalue weighted by Gasteiger charge is 2.50. The van der Waals surface area contributed by atoms with Crippen LogP contribution >= 0.6 is 0 Å². The van der Waals surface area contributed by atoms with Gasteiger partial charge in [0, 0.05) is 0 Å². The Hall–Kier alpha value is 0. The molecule has 0 aromatic rings. The maximum absolute atomic E-state index is 2.80. The van der Waals surface area contributed by atoms with E-state index in [9.17, 15) is 0 Å². The Balaban J connectivity index is 1.15. The molecule has 0 radical (unpaired) electrons. The first-order valence-corrected chi connectivity index (χ1v) is 21.4. The van der Waals surface area contributed by atoms with Crippen molar-refractivity contribution < 1.29 is 0 Å². The van der Waals surface area contributed by atoms with Crippen molar-refractivity contribution in [2.45, 2.75) is 183 Å². The molecule has 0 aliphatic heterocycles. The molecule has 6 aliphatic carbocycles. The molecule has 6 fully saturated rings. The van der Waals surface area contributed by atoms with Crippen molar-refractivity contribution in [1.82, 2.24) is 0 Å². The van der Waals surface area contributed by atoms with Crippen LogP contribution in [0.1, 0.15) is 183 Å². The minimum absolute atomic E-state index is 0.898. The minimum Gasteiger partial charge on any atom is -0.0651 e. The Kier molecular flexibility index (Phi) is 11.9. The van der Waals surface area contributed by atoms with Crippen molar-refractivity contribution in [3.05, 3.63) is 0 Å². The van der Waals surface area contributed by atoms with E-state index in [-0.39, 0.29) is 0 Å². The number of hydrogen-bond donors (Lipinski definition) is 0. The van der Waals surface area contributed by atoms with Gasteiger partial charge < -0.3 is 0 Å². The summed E-state index contributed by atoms with van der Waals surface area (Å²) in [7, 11) is 0. The zero-order chi connectivity index (χ0) is 30.8. The molecule has 44 heavy (non-hydrogen) atoms. The largest absolute Gasteiger partial charge is 0.0651 e. The summed E-state index contributed by atoms with van der Waals surface area (Å²) in [5, 5.41) is 0. The van der Waals surface area contributed by atoms with E-state index in [4.69, 9.17) is 0 Å². The molecular weight excluding hydrogens is 528 g/mol. The third-order valence-corrected chi connectivity index (χ3v) is 17.3. The van der Waals surface area contributed by atoms with Crippen molar-refractivity contribution in [1.29, 1.82) is 0 Å². The molecule has 0 heterocycles. The van der Waals surface area contributed by atoms with Gasteiger partial charge in [-0.15, -0.1) is 0 Å². The molecule has 0 aromatic carbocycles. The maximum Gasteiger partial charge on any atom is -0.0324 e. The molecule has 6 aliphatic rings. The van der Waals surface area contributed by atoms with E-state index in [1.54, 1.807) is 96.3 Å². The molecule has 0 nitrogen and oxygen atoms in total. The van der Waals surface area contributed by atoms with Gasteiger partial charge in [-0.3, -0.25) is 0 Å². The van der Waals surface area contributed by atoms with Crippen molar-refractivity contribution in [2.24, 2.45) is 94.7 Å². The summed E-state index contributed by atoms with van der Waals surface area (Å²) >= 11 is 0. The summed E-state index contributed by atoms with van der Waals surface area (Å²) in [6, 6.07) is 0. The maximum atomic E-state index is 2.80. The molecule has 0 spiro atoms. The van der Waals surface area contributed by atoms with Gasteiger partial charge in [0.1, 0.15) is 0 Å². The molecule has 6 rings (SSSR count). The van der Waals surface area contributed by atoms with Gasteiger partial charge in [0.15, 0.2) is 0 Å². The predicted octanol–water partition coefficient (Wildman–Crippen LogP) is 13.6. The molecule has 15 atom stereocenters. The van der Waals surface area contributed by atoms with Crippen LogP contribution in [0.3, 0.4) is 0 Å². The lowest BCUT2D eigenvalue weighted by atomic mass is 9.60. The fourth-order valence-corrected chi connectivity index (χ4v) is 14.6. The van der Waals surface area contributed by atoms with Gasteiger partial charge >= 0.3 is 0 Å². The highest BCUT2D eigenvalue weighted by molar-refractivity contribution is 5.00. The fraction of sp³-hybridized carbons (Fsp3) is 1.00. The molecule has 254 valence electrons. The molecule has 0 N–H and O–H groups in total. The standard InChI is InChI=1S/C44H78/c1-7-29(2)31(4)38-20-13-21-39(33(38)6)36-27-26-35(28-36)32(5)40-22-14-24-42(40)44(34-17-11-12-18-34)43-25-15-23-41(43)37-19-10-8-9-16-30(37)3/h29-44H,7-28H2,1-6H3. The summed E-state index contributed by atoms with van der Waals surface area (Å²) in [5.74, 6) is 16.4. The third-order valence-electron chi connectivity index (χ3n) is 17.3. The first-order chi connectivity index (χ1) is 21.4. The molecule has 6 saturated carbocycles. The first kappa shape index (κ1) is 33.9. The molecule has 0 amide bonds. The SMILES string of the molecule is CCC(C)C(C)C1CCCC(C2CCC(C(C)C3CCCC3C(C3CCCC3)C3CCCC3C3CCCCCC3C)C2)C1C. The van der Waals surface area contributed by atoms with Crippen molar-refractivity contribution in [2.75, 3.05) is 0 Å². The minimum atomic E-state index is 0.898. The van der Waals surface area contributed by atoms with Gasteiger partial charge in [-0.1, -0.05) is 119 Å². The van der Waals surface area contributed by atoms with Gasteiger partial charge in [-0.25, -0.2) is 0 Å². The molecule has 15 unspecified atom stereocenters. The lowest BCUT2D eigenvalue weighted by molar-refractivity contribution is 0.0345.